The lowest BCUT2D eigenvalue weighted by Gasteiger charge is -2.13. The Balaban J connectivity index is 2.13. The van der Waals surface area contributed by atoms with Crippen LogP contribution in [0.4, 0.5) is 22.0 Å². The van der Waals surface area contributed by atoms with Gasteiger partial charge in [0.15, 0.2) is 11.6 Å². The fourth-order valence-corrected chi connectivity index (χ4v) is 1.90. The van der Waals surface area contributed by atoms with E-state index in [2.05, 4.69) is 0 Å². The fraction of sp³-hybridized carbons (Fsp3) is 0.200. The summed E-state index contributed by atoms with van der Waals surface area (Å²) in [5, 5.41) is 9.93. The molecular weight excluding hydrogens is 291 g/mol. The highest BCUT2D eigenvalue weighted by molar-refractivity contribution is 5.28. The molecule has 0 saturated heterocycles. The highest BCUT2D eigenvalue weighted by atomic mass is 19.4. The molecule has 0 heterocycles. The summed E-state index contributed by atoms with van der Waals surface area (Å²) in [5.41, 5.74) is -0.194. The molecule has 0 radical (unpaired) electrons. The zero-order valence-corrected chi connectivity index (χ0v) is 10.7. The van der Waals surface area contributed by atoms with Crippen molar-refractivity contribution in [2.75, 3.05) is 0 Å². The average molecular weight is 302 g/mol. The minimum atomic E-state index is -4.44. The van der Waals surface area contributed by atoms with Crippen LogP contribution in [0.25, 0.3) is 0 Å². The van der Waals surface area contributed by atoms with Crippen molar-refractivity contribution >= 4 is 0 Å². The summed E-state index contributed by atoms with van der Waals surface area (Å²) in [6, 6.07) is 7.24. The smallest absolute Gasteiger partial charge is 0.388 e. The Morgan fingerprint density at radius 1 is 0.905 bits per heavy atom. The van der Waals surface area contributed by atoms with Crippen LogP contribution in [0.3, 0.4) is 0 Å². The van der Waals surface area contributed by atoms with Crippen LogP contribution < -0.4 is 0 Å². The van der Waals surface area contributed by atoms with E-state index in [9.17, 15) is 27.1 Å². The third kappa shape index (κ3) is 3.78. The van der Waals surface area contributed by atoms with Gasteiger partial charge in [0.05, 0.1) is 11.7 Å². The first-order valence-electron chi connectivity index (χ1n) is 6.06. The molecule has 1 N–H and O–H groups in total. The number of alkyl halides is 3. The van der Waals surface area contributed by atoms with Crippen molar-refractivity contribution in [2.45, 2.75) is 18.7 Å². The quantitative estimate of drug-likeness (QED) is 0.840. The summed E-state index contributed by atoms with van der Waals surface area (Å²) in [5.74, 6) is -2.03. The molecule has 0 aliphatic rings. The summed E-state index contributed by atoms with van der Waals surface area (Å²) in [4.78, 5) is 0. The van der Waals surface area contributed by atoms with Gasteiger partial charge in [0.1, 0.15) is 0 Å². The van der Waals surface area contributed by atoms with Gasteiger partial charge >= 0.3 is 6.18 Å². The second-order valence-corrected chi connectivity index (χ2v) is 4.59. The predicted molar refractivity (Wildman–Crippen MR) is 66.5 cm³/mol. The van der Waals surface area contributed by atoms with Crippen LogP contribution in [-0.4, -0.2) is 5.11 Å². The fourth-order valence-electron chi connectivity index (χ4n) is 1.90. The number of hydrogen-bond donors (Lipinski definition) is 1. The minimum Gasteiger partial charge on any atom is -0.388 e. The van der Waals surface area contributed by atoms with Crippen LogP contribution in [0.15, 0.2) is 42.5 Å². The van der Waals surface area contributed by atoms with Gasteiger partial charge in [0.25, 0.3) is 0 Å². The molecule has 2 rings (SSSR count). The first kappa shape index (κ1) is 15.4. The molecule has 6 heteroatoms. The van der Waals surface area contributed by atoms with Crippen molar-refractivity contribution in [1.29, 1.82) is 0 Å². The Labute approximate surface area is 117 Å². The number of rotatable bonds is 3. The van der Waals surface area contributed by atoms with E-state index in [4.69, 9.17) is 0 Å². The molecule has 112 valence electrons. The maximum absolute atomic E-state index is 13.0. The van der Waals surface area contributed by atoms with Crippen LogP contribution >= 0.6 is 0 Å². The molecule has 2 aromatic carbocycles. The lowest BCUT2D eigenvalue weighted by atomic mass is 10.00. The number of halogens is 5. The first-order valence-corrected chi connectivity index (χ1v) is 6.06. The molecule has 0 spiro atoms. The van der Waals surface area contributed by atoms with Gasteiger partial charge < -0.3 is 5.11 Å². The summed E-state index contributed by atoms with van der Waals surface area (Å²) < 4.78 is 63.0. The molecule has 0 aliphatic heterocycles. The molecular formula is C15H11F5O. The van der Waals surface area contributed by atoms with Gasteiger partial charge in [-0.2, -0.15) is 13.2 Å². The Bertz CT molecular complexity index is 619. The Hall–Kier alpha value is -1.95. The minimum absolute atomic E-state index is 0.0252. The maximum Gasteiger partial charge on any atom is 0.416 e. The van der Waals surface area contributed by atoms with E-state index >= 15 is 0 Å². The van der Waals surface area contributed by atoms with Gasteiger partial charge in [-0.3, -0.25) is 0 Å². The third-order valence-electron chi connectivity index (χ3n) is 3.04. The van der Waals surface area contributed by atoms with E-state index < -0.39 is 29.5 Å². The predicted octanol–water partition coefficient (Wildman–Crippen LogP) is 4.26. The Morgan fingerprint density at radius 3 is 2.05 bits per heavy atom. The summed E-state index contributed by atoms with van der Waals surface area (Å²) in [6.07, 6.45) is -5.57. The molecule has 0 aromatic heterocycles. The topological polar surface area (TPSA) is 20.2 Å². The van der Waals surface area contributed by atoms with Crippen molar-refractivity contribution in [1.82, 2.24) is 0 Å². The first-order chi connectivity index (χ1) is 9.77. The normalized spacial score (nSPS) is 13.2. The van der Waals surface area contributed by atoms with Crippen LogP contribution in [0, 0.1) is 11.6 Å². The van der Waals surface area contributed by atoms with E-state index in [-0.39, 0.29) is 12.0 Å². The highest BCUT2D eigenvalue weighted by Gasteiger charge is 2.30. The Morgan fingerprint density at radius 2 is 1.52 bits per heavy atom. The van der Waals surface area contributed by atoms with Crippen molar-refractivity contribution < 1.29 is 27.1 Å². The number of benzene rings is 2. The van der Waals surface area contributed by atoms with E-state index in [0.29, 0.717) is 5.56 Å². The standard InChI is InChI=1S/C15H11F5O/c16-12-6-1-9(7-13(12)17)8-14(21)10-2-4-11(5-3-10)15(18,19)20/h1-7,14,21H,8H2. The van der Waals surface area contributed by atoms with E-state index in [1.54, 1.807) is 0 Å². The van der Waals surface area contributed by atoms with Crippen molar-refractivity contribution in [2.24, 2.45) is 0 Å². The lowest BCUT2D eigenvalue weighted by molar-refractivity contribution is -0.137. The van der Waals surface area contributed by atoms with Gasteiger partial charge in [-0.25, -0.2) is 8.78 Å². The molecule has 1 nitrogen and oxygen atoms in total. The molecule has 0 aliphatic carbocycles. The number of hydrogen-bond acceptors (Lipinski definition) is 1. The third-order valence-corrected chi connectivity index (χ3v) is 3.04. The molecule has 1 unspecified atom stereocenters. The zero-order chi connectivity index (χ0) is 15.6. The number of aliphatic hydroxyl groups excluding tert-OH is 1. The van der Waals surface area contributed by atoms with Crippen LogP contribution in [0.2, 0.25) is 0 Å². The molecule has 0 bridgehead atoms. The zero-order valence-electron chi connectivity index (χ0n) is 10.7. The van der Waals surface area contributed by atoms with Gasteiger partial charge in [-0.15, -0.1) is 0 Å². The van der Waals surface area contributed by atoms with Crippen LogP contribution in [0.5, 0.6) is 0 Å². The Kier molecular flexibility index (Phi) is 4.27. The van der Waals surface area contributed by atoms with Crippen LogP contribution in [-0.2, 0) is 12.6 Å². The van der Waals surface area contributed by atoms with Gasteiger partial charge in [0, 0.05) is 6.42 Å². The summed E-state index contributed by atoms with van der Waals surface area (Å²) in [7, 11) is 0. The van der Waals surface area contributed by atoms with Crippen molar-refractivity contribution in [3.8, 4) is 0 Å². The van der Waals surface area contributed by atoms with E-state index in [1.807, 2.05) is 0 Å². The molecule has 21 heavy (non-hydrogen) atoms. The van der Waals surface area contributed by atoms with Crippen molar-refractivity contribution in [3.63, 3.8) is 0 Å². The van der Waals surface area contributed by atoms with Gasteiger partial charge in [-0.05, 0) is 35.4 Å². The van der Waals surface area contributed by atoms with E-state index in [0.717, 1.165) is 36.4 Å². The molecule has 0 amide bonds. The van der Waals surface area contributed by atoms with Gasteiger partial charge in [0.2, 0.25) is 0 Å². The monoisotopic (exact) mass is 302 g/mol. The average Bonchev–Trinajstić information content (AvgIpc) is 2.42. The summed E-state index contributed by atoms with van der Waals surface area (Å²) in [6.45, 7) is 0. The lowest BCUT2D eigenvalue weighted by Crippen LogP contribution is -2.06. The molecule has 0 saturated carbocycles. The SMILES string of the molecule is OC(Cc1ccc(F)c(F)c1)c1ccc(C(F)(F)F)cc1. The van der Waals surface area contributed by atoms with Crippen molar-refractivity contribution in [3.05, 3.63) is 70.8 Å². The molecule has 0 fully saturated rings. The number of aliphatic hydroxyl groups is 1. The second kappa shape index (κ2) is 5.81. The van der Waals surface area contributed by atoms with Gasteiger partial charge in [-0.1, -0.05) is 18.2 Å². The molecule has 1 atom stereocenters. The molecule has 2 aromatic rings. The maximum atomic E-state index is 13.0. The largest absolute Gasteiger partial charge is 0.416 e. The summed E-state index contributed by atoms with van der Waals surface area (Å²) >= 11 is 0. The highest BCUT2D eigenvalue weighted by Crippen LogP contribution is 2.30. The van der Waals surface area contributed by atoms with E-state index in [1.165, 1.54) is 6.07 Å². The second-order valence-electron chi connectivity index (χ2n) is 4.59. The van der Waals surface area contributed by atoms with Crippen LogP contribution in [0.1, 0.15) is 22.8 Å².